The molecule has 1 heterocycles. The highest BCUT2D eigenvalue weighted by atomic mass is 16.5. The van der Waals surface area contributed by atoms with Gasteiger partial charge in [-0.3, -0.25) is 9.89 Å². The molecule has 0 saturated carbocycles. The highest BCUT2D eigenvalue weighted by Crippen LogP contribution is 2.14. The van der Waals surface area contributed by atoms with Crippen LogP contribution in [0.1, 0.15) is 12.6 Å². The number of nitrogens with one attached hydrogen (secondary N) is 1. The first-order valence-corrected chi connectivity index (χ1v) is 5.41. The minimum atomic E-state index is -0.216. The number of nitrogen functional groups attached to an aromatic ring is 1. The van der Waals surface area contributed by atoms with Crippen molar-refractivity contribution in [2.45, 2.75) is 13.3 Å². The number of aromatic nitrogens is 2. The second-order valence-electron chi connectivity index (χ2n) is 3.70. The molecule has 0 saturated heterocycles. The summed E-state index contributed by atoms with van der Waals surface area (Å²) < 4.78 is 6.50. The third-order valence-corrected chi connectivity index (χ3v) is 2.69. The van der Waals surface area contributed by atoms with Gasteiger partial charge in [-0.05, 0) is 30.7 Å². The van der Waals surface area contributed by atoms with E-state index in [1.165, 1.54) is 4.68 Å². The molecule has 17 heavy (non-hydrogen) atoms. The average molecular weight is 233 g/mol. The Morgan fingerprint density at radius 2 is 2.00 bits per heavy atom. The monoisotopic (exact) mass is 233 g/mol. The molecule has 1 aromatic carbocycles. The average Bonchev–Trinajstić information content (AvgIpc) is 2.66. The second-order valence-corrected chi connectivity index (χ2v) is 3.70. The van der Waals surface area contributed by atoms with E-state index >= 15 is 0 Å². The molecule has 0 aliphatic heterocycles. The zero-order chi connectivity index (χ0) is 12.4. The van der Waals surface area contributed by atoms with Crippen molar-refractivity contribution in [3.8, 4) is 11.4 Å². The maximum absolute atomic E-state index is 11.9. The Balaban J connectivity index is 2.49. The molecule has 0 aliphatic carbocycles. The number of benzene rings is 1. The van der Waals surface area contributed by atoms with Gasteiger partial charge in [0.1, 0.15) is 11.4 Å². The summed E-state index contributed by atoms with van der Waals surface area (Å²) in [6.45, 7) is 1.94. The summed E-state index contributed by atoms with van der Waals surface area (Å²) in [6.07, 6.45) is 0.699. The van der Waals surface area contributed by atoms with E-state index in [0.717, 1.165) is 17.1 Å². The normalized spacial score (nSPS) is 10.5. The SMILES string of the molecule is CCc1[nH]n(-c2ccc(OC)cc2)c(=O)c1N. The topological polar surface area (TPSA) is 73.0 Å². The van der Waals surface area contributed by atoms with E-state index in [9.17, 15) is 4.79 Å². The largest absolute Gasteiger partial charge is 0.497 e. The molecule has 0 atom stereocenters. The predicted molar refractivity (Wildman–Crippen MR) is 66.7 cm³/mol. The van der Waals surface area contributed by atoms with Gasteiger partial charge >= 0.3 is 0 Å². The van der Waals surface area contributed by atoms with Crippen LogP contribution in [0.5, 0.6) is 5.75 Å². The molecule has 0 fully saturated rings. The lowest BCUT2D eigenvalue weighted by molar-refractivity contribution is 0.414. The zero-order valence-corrected chi connectivity index (χ0v) is 9.86. The molecule has 0 radical (unpaired) electrons. The van der Waals surface area contributed by atoms with E-state index in [-0.39, 0.29) is 11.2 Å². The highest BCUT2D eigenvalue weighted by Gasteiger charge is 2.10. The number of H-pyrrole nitrogens is 1. The number of aryl methyl sites for hydroxylation is 1. The first-order chi connectivity index (χ1) is 8.17. The fraction of sp³-hybridized carbons (Fsp3) is 0.250. The first kappa shape index (κ1) is 11.3. The fourth-order valence-electron chi connectivity index (χ4n) is 1.68. The molecule has 2 aromatic rings. The second kappa shape index (κ2) is 4.37. The zero-order valence-electron chi connectivity index (χ0n) is 9.86. The van der Waals surface area contributed by atoms with Crippen LogP contribution in [0.3, 0.4) is 0 Å². The van der Waals surface area contributed by atoms with Crippen molar-refractivity contribution in [1.29, 1.82) is 0 Å². The van der Waals surface area contributed by atoms with Crippen LogP contribution < -0.4 is 16.0 Å². The van der Waals surface area contributed by atoms with Gasteiger partial charge in [0.25, 0.3) is 5.56 Å². The van der Waals surface area contributed by atoms with Crippen molar-refractivity contribution in [2.24, 2.45) is 0 Å². The van der Waals surface area contributed by atoms with Gasteiger partial charge in [0.05, 0.1) is 18.5 Å². The number of nitrogens with two attached hydrogens (primary N) is 1. The lowest BCUT2D eigenvalue weighted by Crippen LogP contribution is -2.16. The molecule has 0 unspecified atom stereocenters. The molecule has 2 rings (SSSR count). The van der Waals surface area contributed by atoms with Crippen molar-refractivity contribution in [3.63, 3.8) is 0 Å². The van der Waals surface area contributed by atoms with Crippen LogP contribution in [-0.2, 0) is 6.42 Å². The van der Waals surface area contributed by atoms with Crippen molar-refractivity contribution < 1.29 is 4.74 Å². The lowest BCUT2D eigenvalue weighted by atomic mass is 10.3. The molecule has 5 nitrogen and oxygen atoms in total. The summed E-state index contributed by atoms with van der Waals surface area (Å²) in [5.74, 6) is 0.747. The Morgan fingerprint density at radius 3 is 2.47 bits per heavy atom. The maximum atomic E-state index is 11.9. The third-order valence-electron chi connectivity index (χ3n) is 2.69. The van der Waals surface area contributed by atoms with Gasteiger partial charge in [-0.25, -0.2) is 4.68 Å². The number of aromatic amines is 1. The number of hydrogen-bond donors (Lipinski definition) is 2. The van der Waals surface area contributed by atoms with E-state index < -0.39 is 0 Å². The predicted octanol–water partition coefficient (Wildman–Crippen LogP) is 1.32. The highest BCUT2D eigenvalue weighted by molar-refractivity contribution is 5.45. The standard InChI is InChI=1S/C12H15N3O2/c1-3-10-11(13)12(16)15(14-10)8-4-6-9(17-2)7-5-8/h4-7,14H,3,13H2,1-2H3. The number of hydrogen-bond acceptors (Lipinski definition) is 3. The van der Waals surface area contributed by atoms with Gasteiger partial charge < -0.3 is 10.5 Å². The van der Waals surface area contributed by atoms with E-state index in [2.05, 4.69) is 5.10 Å². The maximum Gasteiger partial charge on any atom is 0.294 e. The number of methoxy groups -OCH3 is 1. The van der Waals surface area contributed by atoms with E-state index in [0.29, 0.717) is 6.42 Å². The van der Waals surface area contributed by atoms with Crippen molar-refractivity contribution in [1.82, 2.24) is 9.78 Å². The number of nitrogens with zero attached hydrogens (tertiary/aromatic N) is 1. The molecule has 1 aromatic heterocycles. The number of anilines is 1. The van der Waals surface area contributed by atoms with Crippen LogP contribution in [0.25, 0.3) is 5.69 Å². The Bertz CT molecular complexity index is 566. The molecular weight excluding hydrogens is 218 g/mol. The van der Waals surface area contributed by atoms with Gasteiger partial charge in [0, 0.05) is 0 Å². The van der Waals surface area contributed by atoms with Crippen LogP contribution in [0.4, 0.5) is 5.69 Å². The first-order valence-electron chi connectivity index (χ1n) is 5.41. The molecule has 5 heteroatoms. The summed E-state index contributed by atoms with van der Waals surface area (Å²) in [5, 5.41) is 2.99. The summed E-state index contributed by atoms with van der Waals surface area (Å²) >= 11 is 0. The number of rotatable bonds is 3. The molecule has 3 N–H and O–H groups in total. The van der Waals surface area contributed by atoms with Gasteiger partial charge in [0.15, 0.2) is 0 Å². The summed E-state index contributed by atoms with van der Waals surface area (Å²) in [5.41, 5.74) is 7.28. The van der Waals surface area contributed by atoms with Gasteiger partial charge in [-0.2, -0.15) is 0 Å². The quantitative estimate of drug-likeness (QED) is 0.839. The third kappa shape index (κ3) is 1.91. The molecule has 0 spiro atoms. The molecule has 0 aliphatic rings. The van der Waals surface area contributed by atoms with Crippen molar-refractivity contribution >= 4 is 5.69 Å². The minimum absolute atomic E-state index is 0.216. The van der Waals surface area contributed by atoms with Crippen LogP contribution in [0, 0.1) is 0 Å². The van der Waals surface area contributed by atoms with Crippen LogP contribution in [0.15, 0.2) is 29.1 Å². The molecule has 90 valence electrons. The van der Waals surface area contributed by atoms with Crippen molar-refractivity contribution in [3.05, 3.63) is 40.3 Å². The minimum Gasteiger partial charge on any atom is -0.497 e. The smallest absolute Gasteiger partial charge is 0.294 e. The van der Waals surface area contributed by atoms with Gasteiger partial charge in [-0.15, -0.1) is 0 Å². The van der Waals surface area contributed by atoms with Crippen LogP contribution >= 0.6 is 0 Å². The van der Waals surface area contributed by atoms with E-state index in [4.69, 9.17) is 10.5 Å². The van der Waals surface area contributed by atoms with Crippen LogP contribution in [-0.4, -0.2) is 16.9 Å². The Morgan fingerprint density at radius 1 is 1.35 bits per heavy atom. The van der Waals surface area contributed by atoms with Gasteiger partial charge in [-0.1, -0.05) is 6.92 Å². The fourth-order valence-corrected chi connectivity index (χ4v) is 1.68. The Labute approximate surface area is 98.8 Å². The van der Waals surface area contributed by atoms with E-state index in [1.54, 1.807) is 31.4 Å². The molecular formula is C12H15N3O2. The van der Waals surface area contributed by atoms with Gasteiger partial charge in [0.2, 0.25) is 0 Å². The summed E-state index contributed by atoms with van der Waals surface area (Å²) in [4.78, 5) is 11.9. The number of ether oxygens (including phenoxy) is 1. The van der Waals surface area contributed by atoms with E-state index in [1.807, 2.05) is 6.92 Å². The Kier molecular flexibility index (Phi) is 2.91. The molecule has 0 bridgehead atoms. The molecule has 0 amide bonds. The summed E-state index contributed by atoms with van der Waals surface area (Å²) in [6, 6.07) is 7.19. The van der Waals surface area contributed by atoms with Crippen molar-refractivity contribution in [2.75, 3.05) is 12.8 Å². The Hall–Kier alpha value is -2.17. The summed E-state index contributed by atoms with van der Waals surface area (Å²) in [7, 11) is 1.60. The lowest BCUT2D eigenvalue weighted by Gasteiger charge is -2.03. The van der Waals surface area contributed by atoms with Crippen LogP contribution in [0.2, 0.25) is 0 Å².